The van der Waals surface area contributed by atoms with Gasteiger partial charge in [0.1, 0.15) is 18.3 Å². The second-order valence-corrected chi connectivity index (χ2v) is 12.0. The van der Waals surface area contributed by atoms with Crippen LogP contribution in [-0.2, 0) is 26.2 Å². The van der Waals surface area contributed by atoms with Gasteiger partial charge in [-0.05, 0) is 74.2 Å². The van der Waals surface area contributed by atoms with Crippen molar-refractivity contribution in [1.29, 1.82) is 0 Å². The van der Waals surface area contributed by atoms with Crippen LogP contribution < -0.4 is 23.8 Å². The molecule has 0 aliphatic rings. The molecule has 11 heteroatoms. The minimum Gasteiger partial charge on any atom is -0.494 e. The number of nitrogens with zero attached hydrogens (tertiary/aromatic N) is 2. The Hall–Kier alpha value is -4.25. The van der Waals surface area contributed by atoms with Gasteiger partial charge in [-0.2, -0.15) is 0 Å². The van der Waals surface area contributed by atoms with Crippen molar-refractivity contribution in [2.45, 2.75) is 58.0 Å². The molecule has 0 aliphatic heterocycles. The number of hydrogen-bond acceptors (Lipinski definition) is 7. The fourth-order valence-electron chi connectivity index (χ4n) is 4.76. The van der Waals surface area contributed by atoms with Crippen LogP contribution in [0.25, 0.3) is 0 Å². The first-order chi connectivity index (χ1) is 21.1. The lowest BCUT2D eigenvalue weighted by molar-refractivity contribution is -0.140. The van der Waals surface area contributed by atoms with Gasteiger partial charge in [-0.3, -0.25) is 13.9 Å². The Morgan fingerprint density at radius 1 is 0.909 bits per heavy atom. The van der Waals surface area contributed by atoms with Crippen LogP contribution in [0, 0.1) is 6.92 Å². The molecule has 0 fully saturated rings. The van der Waals surface area contributed by atoms with Crippen molar-refractivity contribution >= 4 is 27.5 Å². The van der Waals surface area contributed by atoms with E-state index in [1.54, 1.807) is 24.3 Å². The standard InChI is InChI=1S/C33H43N3O7S/c1-7-20-34-33(38)29(8-2)35(22-25-13-11-10-12-24(25)4)32(37)23-36(26-14-16-27(17-15-26)43-9-3)44(39,40)28-18-19-30(41-5)31(21-28)42-6/h10-19,21,29H,7-9,20,22-23H2,1-6H3,(H,34,38)/t29-/m0/s1. The minimum absolute atomic E-state index is 0.0879. The molecule has 0 unspecified atom stereocenters. The lowest BCUT2D eigenvalue weighted by Gasteiger charge is -2.33. The maximum Gasteiger partial charge on any atom is 0.264 e. The van der Waals surface area contributed by atoms with Gasteiger partial charge in [0.25, 0.3) is 10.0 Å². The Morgan fingerprint density at radius 3 is 2.18 bits per heavy atom. The first-order valence-electron chi connectivity index (χ1n) is 14.7. The van der Waals surface area contributed by atoms with Crippen LogP contribution in [0.5, 0.6) is 17.2 Å². The number of methoxy groups -OCH3 is 2. The van der Waals surface area contributed by atoms with E-state index in [0.717, 1.165) is 21.9 Å². The number of amides is 2. The quantitative estimate of drug-likeness (QED) is 0.240. The number of sulfonamides is 1. The molecule has 2 amide bonds. The highest BCUT2D eigenvalue weighted by atomic mass is 32.2. The summed E-state index contributed by atoms with van der Waals surface area (Å²) in [5.41, 5.74) is 2.07. The van der Waals surface area contributed by atoms with Crippen LogP contribution in [0.4, 0.5) is 5.69 Å². The molecule has 0 radical (unpaired) electrons. The molecule has 0 spiro atoms. The summed E-state index contributed by atoms with van der Waals surface area (Å²) in [5, 5.41) is 2.90. The van der Waals surface area contributed by atoms with E-state index in [4.69, 9.17) is 14.2 Å². The van der Waals surface area contributed by atoms with Gasteiger partial charge in [-0.25, -0.2) is 8.42 Å². The third-order valence-corrected chi connectivity index (χ3v) is 8.96. The molecular weight excluding hydrogens is 582 g/mol. The predicted octanol–water partition coefficient (Wildman–Crippen LogP) is 4.94. The zero-order chi connectivity index (χ0) is 32.3. The maximum absolute atomic E-state index is 14.3. The maximum atomic E-state index is 14.3. The van der Waals surface area contributed by atoms with Crippen LogP contribution in [0.2, 0.25) is 0 Å². The normalized spacial score (nSPS) is 11.8. The molecule has 0 saturated carbocycles. The van der Waals surface area contributed by atoms with Crippen molar-refractivity contribution in [3.8, 4) is 17.2 Å². The summed E-state index contributed by atoms with van der Waals surface area (Å²) in [6, 6.07) is 17.5. The number of nitrogens with one attached hydrogen (secondary N) is 1. The van der Waals surface area contributed by atoms with Gasteiger partial charge in [0, 0.05) is 19.2 Å². The van der Waals surface area contributed by atoms with Gasteiger partial charge in [-0.1, -0.05) is 38.1 Å². The summed E-state index contributed by atoms with van der Waals surface area (Å²) < 4.78 is 45.7. The zero-order valence-electron chi connectivity index (χ0n) is 26.3. The summed E-state index contributed by atoms with van der Waals surface area (Å²) >= 11 is 0. The van der Waals surface area contributed by atoms with E-state index in [1.807, 2.05) is 52.0 Å². The van der Waals surface area contributed by atoms with Gasteiger partial charge in [0.2, 0.25) is 11.8 Å². The summed E-state index contributed by atoms with van der Waals surface area (Å²) in [6.07, 6.45) is 1.08. The van der Waals surface area contributed by atoms with E-state index >= 15 is 0 Å². The third kappa shape index (κ3) is 8.22. The minimum atomic E-state index is -4.30. The van der Waals surface area contributed by atoms with E-state index in [0.29, 0.717) is 31.1 Å². The molecule has 0 bridgehead atoms. The Morgan fingerprint density at radius 2 is 1.59 bits per heavy atom. The van der Waals surface area contributed by atoms with Gasteiger partial charge in [0.05, 0.1) is 31.4 Å². The number of rotatable bonds is 16. The van der Waals surface area contributed by atoms with E-state index < -0.39 is 28.5 Å². The molecule has 238 valence electrons. The predicted molar refractivity (Wildman–Crippen MR) is 171 cm³/mol. The molecule has 10 nitrogen and oxygen atoms in total. The fourth-order valence-corrected chi connectivity index (χ4v) is 6.19. The monoisotopic (exact) mass is 625 g/mol. The van der Waals surface area contributed by atoms with Crippen molar-refractivity contribution in [2.75, 3.05) is 38.2 Å². The largest absolute Gasteiger partial charge is 0.494 e. The molecule has 3 aromatic rings. The first-order valence-corrected chi connectivity index (χ1v) is 16.1. The van der Waals surface area contributed by atoms with Crippen LogP contribution >= 0.6 is 0 Å². The molecule has 0 aliphatic carbocycles. The van der Waals surface area contributed by atoms with Crippen molar-refractivity contribution in [3.63, 3.8) is 0 Å². The Labute approximate surface area is 261 Å². The van der Waals surface area contributed by atoms with Gasteiger partial charge >= 0.3 is 0 Å². The Balaban J connectivity index is 2.11. The molecular formula is C33H43N3O7S. The molecule has 1 N–H and O–H groups in total. The number of anilines is 1. The van der Waals surface area contributed by atoms with Crippen molar-refractivity contribution in [2.24, 2.45) is 0 Å². The second kappa shape index (κ2) is 16.0. The van der Waals surface area contributed by atoms with E-state index in [-0.39, 0.29) is 28.8 Å². The average Bonchev–Trinajstić information content (AvgIpc) is 3.03. The number of carbonyl (C=O) groups excluding carboxylic acids is 2. The Bertz CT molecular complexity index is 1510. The zero-order valence-corrected chi connectivity index (χ0v) is 27.1. The summed E-state index contributed by atoms with van der Waals surface area (Å²) in [5.74, 6) is 0.344. The molecule has 44 heavy (non-hydrogen) atoms. The van der Waals surface area contributed by atoms with Crippen molar-refractivity contribution in [3.05, 3.63) is 77.9 Å². The summed E-state index contributed by atoms with van der Waals surface area (Å²) in [4.78, 5) is 28.9. The topological polar surface area (TPSA) is 114 Å². The van der Waals surface area contributed by atoms with Gasteiger partial charge < -0.3 is 24.4 Å². The second-order valence-electron chi connectivity index (χ2n) is 10.1. The number of hydrogen-bond donors (Lipinski definition) is 1. The van der Waals surface area contributed by atoms with E-state index in [1.165, 1.54) is 37.3 Å². The lowest BCUT2D eigenvalue weighted by atomic mass is 10.1. The highest BCUT2D eigenvalue weighted by molar-refractivity contribution is 7.92. The molecule has 3 rings (SSSR count). The fraction of sp³-hybridized carbons (Fsp3) is 0.394. The molecule has 0 aromatic heterocycles. The number of ether oxygens (including phenoxy) is 3. The van der Waals surface area contributed by atoms with Gasteiger partial charge in [-0.15, -0.1) is 0 Å². The SMILES string of the molecule is CCCNC(=O)[C@H](CC)N(Cc1ccccc1C)C(=O)CN(c1ccc(OCC)cc1)S(=O)(=O)c1ccc(OC)c(OC)c1. The molecule has 0 saturated heterocycles. The highest BCUT2D eigenvalue weighted by Crippen LogP contribution is 2.33. The smallest absolute Gasteiger partial charge is 0.264 e. The first kappa shape index (κ1) is 34.2. The average molecular weight is 626 g/mol. The van der Waals surface area contributed by atoms with Crippen molar-refractivity contribution < 1.29 is 32.2 Å². The van der Waals surface area contributed by atoms with E-state index in [2.05, 4.69) is 5.32 Å². The number of aryl methyl sites for hydroxylation is 1. The summed E-state index contributed by atoms with van der Waals surface area (Å²) in [7, 11) is -1.43. The molecule has 1 atom stereocenters. The van der Waals surface area contributed by atoms with E-state index in [9.17, 15) is 18.0 Å². The lowest BCUT2D eigenvalue weighted by Crippen LogP contribution is -2.52. The van der Waals surface area contributed by atoms with Crippen LogP contribution in [0.1, 0.15) is 44.7 Å². The Kier molecular flexibility index (Phi) is 12.5. The van der Waals surface area contributed by atoms with Crippen molar-refractivity contribution in [1.82, 2.24) is 10.2 Å². The van der Waals surface area contributed by atoms with Crippen LogP contribution in [-0.4, -0.2) is 65.1 Å². The van der Waals surface area contributed by atoms with Crippen LogP contribution in [0.3, 0.4) is 0 Å². The molecule has 0 heterocycles. The summed E-state index contributed by atoms with van der Waals surface area (Å²) in [6.45, 7) is 8.06. The van der Waals surface area contributed by atoms with Gasteiger partial charge in [0.15, 0.2) is 11.5 Å². The van der Waals surface area contributed by atoms with Crippen LogP contribution in [0.15, 0.2) is 71.6 Å². The number of benzene rings is 3. The molecule has 3 aromatic carbocycles. The highest BCUT2D eigenvalue weighted by Gasteiger charge is 2.34. The third-order valence-electron chi connectivity index (χ3n) is 7.19. The number of carbonyl (C=O) groups is 2.